The average molecular weight is 515 g/mol. The first-order valence-corrected chi connectivity index (χ1v) is 13.0. The summed E-state index contributed by atoms with van der Waals surface area (Å²) < 4.78 is 6.65. The Kier molecular flexibility index (Phi) is 9.16. The lowest BCUT2D eigenvalue weighted by Crippen LogP contribution is -2.35. The van der Waals surface area contributed by atoms with Gasteiger partial charge in [0, 0.05) is 25.2 Å². The third-order valence-corrected chi connectivity index (χ3v) is 6.71. The number of aromatic nitrogens is 1. The fourth-order valence-corrected chi connectivity index (χ4v) is 4.72. The highest BCUT2D eigenvalue weighted by Gasteiger charge is 2.15. The summed E-state index contributed by atoms with van der Waals surface area (Å²) in [5, 5.41) is 30.9. The van der Waals surface area contributed by atoms with Gasteiger partial charge in [-0.25, -0.2) is 4.79 Å². The fraction of sp³-hybridized carbons (Fsp3) is 0.290. The molecule has 198 valence electrons. The number of aromatic hydroxyl groups is 1. The van der Waals surface area contributed by atoms with Gasteiger partial charge in [-0.05, 0) is 77.9 Å². The first-order valence-electron chi connectivity index (χ1n) is 13.0. The van der Waals surface area contributed by atoms with Gasteiger partial charge in [-0.3, -0.25) is 0 Å². The lowest BCUT2D eigenvalue weighted by Gasteiger charge is -2.30. The summed E-state index contributed by atoms with van der Waals surface area (Å²) in [5.41, 5.74) is 2.06. The fourth-order valence-electron chi connectivity index (χ4n) is 4.72. The van der Waals surface area contributed by atoms with E-state index in [1.165, 1.54) is 50.5 Å². The third-order valence-electron chi connectivity index (χ3n) is 6.71. The van der Waals surface area contributed by atoms with Gasteiger partial charge in [-0.1, -0.05) is 43.3 Å². The smallest absolute Gasteiger partial charge is 0.339 e. The molecule has 38 heavy (non-hydrogen) atoms. The maximum Gasteiger partial charge on any atom is 0.339 e. The van der Waals surface area contributed by atoms with E-state index in [-0.39, 0.29) is 11.3 Å². The zero-order valence-electron chi connectivity index (χ0n) is 21.6. The Hall–Kier alpha value is -4.10. The van der Waals surface area contributed by atoms with E-state index in [1.54, 1.807) is 6.07 Å². The Balaban J connectivity index is 0.000000204. The van der Waals surface area contributed by atoms with E-state index >= 15 is 0 Å². The third kappa shape index (κ3) is 7.46. The summed E-state index contributed by atoms with van der Waals surface area (Å²) in [5.74, 6) is 0.423. The molecule has 4 aromatic rings. The number of benzene rings is 3. The van der Waals surface area contributed by atoms with Crippen LogP contribution in [0.4, 0.5) is 0 Å². The normalized spacial score (nSPS) is 15.4. The van der Waals surface area contributed by atoms with Crippen LogP contribution in [0.25, 0.3) is 21.9 Å². The van der Waals surface area contributed by atoms with Crippen LogP contribution in [-0.4, -0.2) is 47.3 Å². The standard InChI is InChI=1S/C20H26N2O2.C11H8O3/c1-17-4-2-11-21(16-17)12-3-15-24-20-7-5-18(6-8-20)19-9-13-22(23)14-10-19;12-10-6-8-4-2-1-3-7(8)5-9(10)11(13)14/h5-10,13-14,17H,2-4,11-12,15-16H2,1H3;1-6,12H,(H,13,14). The molecule has 2 heterocycles. The molecule has 1 unspecified atom stereocenters. The number of likely N-dealkylation sites (tertiary alicyclic amines) is 1. The van der Waals surface area contributed by atoms with Crippen molar-refractivity contribution in [1.29, 1.82) is 0 Å². The minimum absolute atomic E-state index is 0.0660. The lowest BCUT2D eigenvalue weighted by molar-refractivity contribution is -0.605. The van der Waals surface area contributed by atoms with Crippen LogP contribution in [0.5, 0.6) is 11.5 Å². The number of piperidine rings is 1. The number of hydrogen-bond donors (Lipinski definition) is 2. The first kappa shape index (κ1) is 26.9. The molecule has 1 saturated heterocycles. The Morgan fingerprint density at radius 1 is 1.03 bits per heavy atom. The SMILES string of the molecule is CC1CCCN(CCCOc2ccc(-c3cc[n+]([O-])cc3)cc2)C1.O=C(O)c1cc2ccccc2cc1O. The van der Waals surface area contributed by atoms with Gasteiger partial charge in [0.05, 0.1) is 6.61 Å². The molecule has 1 aliphatic heterocycles. The molecule has 7 heteroatoms. The summed E-state index contributed by atoms with van der Waals surface area (Å²) in [6, 6.07) is 21.9. The molecule has 3 aromatic carbocycles. The van der Waals surface area contributed by atoms with Gasteiger partial charge in [0.2, 0.25) is 0 Å². The Bertz CT molecular complexity index is 1340. The molecule has 1 atom stereocenters. The van der Waals surface area contributed by atoms with E-state index in [4.69, 9.17) is 9.84 Å². The van der Waals surface area contributed by atoms with Gasteiger partial charge in [0.15, 0.2) is 12.4 Å². The quantitative estimate of drug-likeness (QED) is 0.186. The molecule has 1 aromatic heterocycles. The summed E-state index contributed by atoms with van der Waals surface area (Å²) in [6.45, 7) is 6.69. The average Bonchev–Trinajstić information content (AvgIpc) is 2.92. The molecule has 1 fully saturated rings. The summed E-state index contributed by atoms with van der Waals surface area (Å²) in [4.78, 5) is 13.3. The van der Waals surface area contributed by atoms with Crippen molar-refractivity contribution in [2.45, 2.75) is 26.2 Å². The second kappa shape index (κ2) is 12.9. The van der Waals surface area contributed by atoms with Crippen molar-refractivity contribution in [2.24, 2.45) is 5.92 Å². The molecule has 0 radical (unpaired) electrons. The number of ether oxygens (including phenoxy) is 1. The number of aromatic carboxylic acids is 1. The Morgan fingerprint density at radius 3 is 2.34 bits per heavy atom. The highest BCUT2D eigenvalue weighted by Crippen LogP contribution is 2.25. The number of nitrogens with zero attached hydrogens (tertiary/aromatic N) is 2. The van der Waals surface area contributed by atoms with Crippen LogP contribution in [0.2, 0.25) is 0 Å². The van der Waals surface area contributed by atoms with Crippen LogP contribution in [-0.2, 0) is 0 Å². The zero-order valence-corrected chi connectivity index (χ0v) is 21.6. The summed E-state index contributed by atoms with van der Waals surface area (Å²) >= 11 is 0. The molecule has 0 amide bonds. The van der Waals surface area contributed by atoms with Gasteiger partial charge >= 0.3 is 5.97 Å². The Labute approximate surface area is 223 Å². The number of rotatable bonds is 7. The topological polar surface area (TPSA) is 96.9 Å². The molecule has 0 saturated carbocycles. The number of hydrogen-bond acceptors (Lipinski definition) is 5. The van der Waals surface area contributed by atoms with Crippen LogP contribution >= 0.6 is 0 Å². The van der Waals surface area contributed by atoms with Gasteiger partial charge in [0.25, 0.3) is 0 Å². The first-order chi connectivity index (χ1) is 18.4. The van der Waals surface area contributed by atoms with E-state index in [0.29, 0.717) is 0 Å². The molecule has 5 rings (SSSR count). The van der Waals surface area contributed by atoms with Crippen LogP contribution in [0, 0.1) is 11.1 Å². The van der Waals surface area contributed by atoms with Crippen LogP contribution in [0.1, 0.15) is 36.5 Å². The maximum atomic E-state index is 11.1. The molecule has 0 spiro atoms. The minimum Gasteiger partial charge on any atom is -0.619 e. The van der Waals surface area contributed by atoms with Crippen molar-refractivity contribution in [3.05, 3.63) is 96.0 Å². The number of carbonyl (C=O) groups is 1. The highest BCUT2D eigenvalue weighted by molar-refractivity contribution is 5.97. The molecule has 0 aliphatic carbocycles. The van der Waals surface area contributed by atoms with Crippen molar-refractivity contribution >= 4 is 16.7 Å². The second-order valence-electron chi connectivity index (χ2n) is 9.74. The maximum absolute atomic E-state index is 11.1. The Morgan fingerprint density at radius 2 is 1.68 bits per heavy atom. The molecule has 2 N–H and O–H groups in total. The number of fused-ring (bicyclic) bond motifs is 1. The predicted octanol–water partition coefficient (Wildman–Crippen LogP) is 5.73. The number of carboxylic acids is 1. The molecular formula is C31H34N2O5. The molecule has 0 bridgehead atoms. The van der Waals surface area contributed by atoms with E-state index < -0.39 is 5.97 Å². The van der Waals surface area contributed by atoms with Crippen LogP contribution in [0.3, 0.4) is 0 Å². The van der Waals surface area contributed by atoms with Crippen LogP contribution in [0.15, 0.2) is 85.2 Å². The number of phenols is 1. The van der Waals surface area contributed by atoms with Gasteiger partial charge < -0.3 is 25.1 Å². The minimum atomic E-state index is -1.12. The predicted molar refractivity (Wildman–Crippen MR) is 148 cm³/mol. The van der Waals surface area contributed by atoms with Crippen molar-refractivity contribution < 1.29 is 24.5 Å². The lowest BCUT2D eigenvalue weighted by atomic mass is 10.0. The van der Waals surface area contributed by atoms with Gasteiger partial charge in [-0.15, -0.1) is 0 Å². The molecular weight excluding hydrogens is 480 g/mol. The summed E-state index contributed by atoms with van der Waals surface area (Å²) in [7, 11) is 0. The number of carboxylic acid groups (broad SMARTS) is 1. The van der Waals surface area contributed by atoms with Crippen molar-refractivity contribution in [3.8, 4) is 22.6 Å². The summed E-state index contributed by atoms with van der Waals surface area (Å²) in [6.07, 6.45) is 6.80. The molecule has 7 nitrogen and oxygen atoms in total. The van der Waals surface area contributed by atoms with Crippen molar-refractivity contribution in [2.75, 3.05) is 26.2 Å². The van der Waals surface area contributed by atoms with Gasteiger partial charge in [0.1, 0.15) is 17.1 Å². The van der Waals surface area contributed by atoms with Crippen molar-refractivity contribution in [1.82, 2.24) is 4.90 Å². The van der Waals surface area contributed by atoms with E-state index in [0.717, 1.165) is 57.9 Å². The van der Waals surface area contributed by atoms with E-state index in [1.807, 2.05) is 54.6 Å². The monoisotopic (exact) mass is 514 g/mol. The second-order valence-corrected chi connectivity index (χ2v) is 9.74. The van der Waals surface area contributed by atoms with Crippen LogP contribution < -0.4 is 9.47 Å². The van der Waals surface area contributed by atoms with E-state index in [2.05, 4.69) is 11.8 Å². The van der Waals surface area contributed by atoms with Gasteiger partial charge in [-0.2, -0.15) is 4.73 Å². The van der Waals surface area contributed by atoms with E-state index in [9.17, 15) is 15.1 Å². The number of pyridine rings is 1. The molecule has 1 aliphatic rings. The largest absolute Gasteiger partial charge is 0.619 e. The zero-order chi connectivity index (χ0) is 26.9. The van der Waals surface area contributed by atoms with Crippen molar-refractivity contribution in [3.63, 3.8) is 0 Å². The highest BCUT2D eigenvalue weighted by atomic mass is 16.5.